The fourth-order valence-electron chi connectivity index (χ4n) is 9.55. The number of benzene rings is 2. The topological polar surface area (TPSA) is 237 Å². The number of thioether (sulfide) groups is 1. The van der Waals surface area contributed by atoms with Crippen LogP contribution in [-0.4, -0.2) is 184 Å². The molecule has 2 aliphatic rings. The van der Waals surface area contributed by atoms with Crippen molar-refractivity contribution in [3.8, 4) is 0 Å². The molecular weight excluding hydrogens is 1080 g/mol. The SMILES string of the molecule is CC[C@H](C)[C@H](NC(=O)[C@H]1CN1C)C(=O)N(C)[C@H](C[C@@H](OC(C)=O)c1nc(C(=O)N(C)[C@@H](CSc2ccccc2)C(=O)N[C@H](CCCCN)C(=O)N[C@@H](Cc2ccccc2)C(=O)N2CCN(C(=O)CCC(C)(C)S)CC2)cs1)C(C)C. The smallest absolute Gasteiger partial charge is 0.303 e. The van der Waals surface area contributed by atoms with Crippen LogP contribution in [0.25, 0.3) is 0 Å². The highest BCUT2D eigenvalue weighted by molar-refractivity contribution is 7.99. The first-order valence-electron chi connectivity index (χ1n) is 27.9. The molecule has 0 spiro atoms. The highest BCUT2D eigenvalue weighted by Crippen LogP contribution is 2.32. The lowest BCUT2D eigenvalue weighted by atomic mass is 9.93. The molecule has 0 saturated carbocycles. The van der Waals surface area contributed by atoms with Crippen LogP contribution in [0.1, 0.15) is 121 Å². The molecule has 1 aromatic heterocycles. The third kappa shape index (κ3) is 19.6. The van der Waals surface area contributed by atoms with Gasteiger partial charge in [0.1, 0.15) is 40.9 Å². The van der Waals surface area contributed by atoms with Gasteiger partial charge in [-0.25, -0.2) is 4.98 Å². The second kappa shape index (κ2) is 31.0. The first-order valence-corrected chi connectivity index (χ1v) is 30.2. The van der Waals surface area contributed by atoms with Gasteiger partial charge in [0.15, 0.2) is 6.10 Å². The van der Waals surface area contributed by atoms with Crippen LogP contribution in [0.2, 0.25) is 0 Å². The Bertz CT molecular complexity index is 2540. The Kier molecular flexibility index (Phi) is 25.3. The zero-order chi connectivity index (χ0) is 58.8. The van der Waals surface area contributed by atoms with Crippen LogP contribution < -0.4 is 21.7 Å². The molecule has 0 radical (unpaired) electrons. The van der Waals surface area contributed by atoms with Crippen LogP contribution in [-0.2, 0) is 44.7 Å². The lowest BCUT2D eigenvalue weighted by Gasteiger charge is -2.37. The standard InChI is InChI=1S/C58H86N10O9S3/c1-11-38(4)50(63-52(72)46-34-64(46)8)57(76)65(9)45(37(2)3)33-48(77-39(5)69)54-62-44(35-80-54)55(74)66(10)47(36-79-41-22-16-13-17-23-41)53(73)60-42(24-18-19-27-59)51(71)61-43(32-40-20-14-12-15-21-40)56(75)68-30-28-67(29-31-68)49(70)25-26-58(6,7)78/h12-17,20-23,35,37-38,42-43,45-48,50,78H,11,18-19,24-34,36,59H2,1-10H3,(H,60,73)(H,61,71)(H,63,72)/t38-,42+,43-,45+,46+,47-,48+,50-,64?/m0/s1. The Morgan fingerprint density at radius 3 is 2.06 bits per heavy atom. The molecule has 22 heteroatoms. The summed E-state index contributed by atoms with van der Waals surface area (Å²) in [6.07, 6.45) is 2.19. The van der Waals surface area contributed by atoms with E-state index in [4.69, 9.17) is 15.5 Å². The number of rotatable bonds is 30. The summed E-state index contributed by atoms with van der Waals surface area (Å²) in [5.74, 6) is -3.35. The van der Waals surface area contributed by atoms with E-state index >= 15 is 0 Å². The molecular formula is C58H86N10O9S3. The summed E-state index contributed by atoms with van der Waals surface area (Å²) >= 11 is 7.03. The van der Waals surface area contributed by atoms with Gasteiger partial charge in [0.05, 0.1) is 0 Å². The van der Waals surface area contributed by atoms with Gasteiger partial charge in [0.2, 0.25) is 35.4 Å². The number of hydrogen-bond donors (Lipinski definition) is 5. The number of thiol groups is 1. The number of unbranched alkanes of at least 4 members (excludes halogenated alkanes) is 1. The number of ether oxygens (including phenoxy) is 1. The number of carbonyl (C=O) groups excluding carboxylic acids is 8. The molecule has 0 aliphatic carbocycles. The molecule has 5 N–H and O–H groups in total. The molecule has 3 aromatic rings. The zero-order valence-corrected chi connectivity index (χ0v) is 50.9. The van der Waals surface area contributed by atoms with Crippen LogP contribution in [0.5, 0.6) is 0 Å². The van der Waals surface area contributed by atoms with Gasteiger partial charge in [-0.3, -0.25) is 43.3 Å². The number of aromatic nitrogens is 1. The Balaban J connectivity index is 1.37. The molecule has 0 bridgehead atoms. The monoisotopic (exact) mass is 1160 g/mol. The molecule has 440 valence electrons. The fraction of sp³-hybridized carbons (Fsp3) is 0.603. The fourth-order valence-corrected chi connectivity index (χ4v) is 11.6. The van der Waals surface area contributed by atoms with Crippen LogP contribution in [0, 0.1) is 11.8 Å². The molecule has 7 amide bonds. The molecule has 9 atom stereocenters. The zero-order valence-electron chi connectivity index (χ0n) is 48.4. The van der Waals surface area contributed by atoms with Gasteiger partial charge in [0.25, 0.3) is 5.91 Å². The van der Waals surface area contributed by atoms with Crippen LogP contribution in [0.3, 0.4) is 0 Å². The second-order valence-corrected chi connectivity index (χ2v) is 25.4. The quantitative estimate of drug-likeness (QED) is 0.0190. The van der Waals surface area contributed by atoms with E-state index in [0.29, 0.717) is 63.3 Å². The van der Waals surface area contributed by atoms with E-state index in [2.05, 4.69) is 28.6 Å². The van der Waals surface area contributed by atoms with Crippen molar-refractivity contribution < 1.29 is 43.1 Å². The van der Waals surface area contributed by atoms with Gasteiger partial charge < -0.3 is 46.0 Å². The lowest BCUT2D eigenvalue weighted by molar-refractivity contribution is -0.149. The Morgan fingerprint density at radius 2 is 1.49 bits per heavy atom. The third-order valence-corrected chi connectivity index (χ3v) is 17.2. The minimum Gasteiger partial charge on any atom is -0.455 e. The summed E-state index contributed by atoms with van der Waals surface area (Å²) in [5.41, 5.74) is 6.71. The summed E-state index contributed by atoms with van der Waals surface area (Å²) in [6.45, 7) is 15.2. The maximum Gasteiger partial charge on any atom is 0.303 e. The Labute approximate surface area is 487 Å². The molecule has 1 unspecified atom stereocenters. The van der Waals surface area contributed by atoms with Crippen molar-refractivity contribution >= 4 is 83.0 Å². The summed E-state index contributed by atoms with van der Waals surface area (Å²) in [7, 11) is 5.03. The first kappa shape index (κ1) is 65.3. The van der Waals surface area contributed by atoms with Crippen molar-refractivity contribution in [2.24, 2.45) is 17.6 Å². The van der Waals surface area contributed by atoms with E-state index in [1.165, 1.54) is 30.6 Å². The van der Waals surface area contributed by atoms with Gasteiger partial charge >= 0.3 is 5.97 Å². The Hall–Kier alpha value is -5.55. The lowest BCUT2D eigenvalue weighted by Crippen LogP contribution is -2.59. The number of thiazole rings is 1. The van der Waals surface area contributed by atoms with Crippen molar-refractivity contribution in [2.75, 3.05) is 66.2 Å². The number of hydrogen-bond acceptors (Lipinski definition) is 15. The highest BCUT2D eigenvalue weighted by Gasteiger charge is 2.42. The molecule has 19 nitrogen and oxygen atoms in total. The van der Waals surface area contributed by atoms with Crippen molar-refractivity contribution in [1.82, 2.24) is 45.4 Å². The average molecular weight is 1160 g/mol. The summed E-state index contributed by atoms with van der Waals surface area (Å²) in [6, 6.07) is 13.9. The molecule has 2 aliphatic heterocycles. The minimum atomic E-state index is -1.14. The summed E-state index contributed by atoms with van der Waals surface area (Å²) in [4.78, 5) is 125. The predicted molar refractivity (Wildman–Crippen MR) is 316 cm³/mol. The van der Waals surface area contributed by atoms with E-state index in [0.717, 1.165) is 21.8 Å². The molecule has 2 saturated heterocycles. The number of carbonyl (C=O) groups is 8. The Morgan fingerprint density at radius 1 is 0.875 bits per heavy atom. The number of likely N-dealkylation sites (N-methyl/N-ethyl adjacent to an activating group) is 3. The predicted octanol–water partition coefficient (Wildman–Crippen LogP) is 5.20. The van der Waals surface area contributed by atoms with E-state index in [-0.39, 0.29) is 90.1 Å². The maximum absolute atomic E-state index is 14.8. The summed E-state index contributed by atoms with van der Waals surface area (Å²) < 4.78 is 5.59. The molecule has 2 fully saturated rings. The normalized spacial score (nSPS) is 17.9. The number of nitrogens with two attached hydrogens (primary N) is 1. The number of nitrogens with one attached hydrogen (secondary N) is 3. The van der Waals surface area contributed by atoms with Gasteiger partial charge in [-0.15, -0.1) is 23.1 Å². The van der Waals surface area contributed by atoms with Crippen LogP contribution >= 0.6 is 35.7 Å². The van der Waals surface area contributed by atoms with E-state index in [1.807, 2.05) is 114 Å². The molecule has 2 aromatic carbocycles. The molecule has 5 rings (SSSR count). The largest absolute Gasteiger partial charge is 0.455 e. The van der Waals surface area contributed by atoms with Crippen LogP contribution in [0.15, 0.2) is 70.9 Å². The van der Waals surface area contributed by atoms with Crippen molar-refractivity contribution in [3.63, 3.8) is 0 Å². The van der Waals surface area contributed by atoms with Crippen molar-refractivity contribution in [3.05, 3.63) is 82.3 Å². The average Bonchev–Trinajstić information content (AvgIpc) is 3.97. The summed E-state index contributed by atoms with van der Waals surface area (Å²) in [5, 5.41) is 10.8. The van der Waals surface area contributed by atoms with Gasteiger partial charge in [0, 0.05) is 99.8 Å². The second-order valence-electron chi connectivity index (χ2n) is 22.2. The molecule has 80 heavy (non-hydrogen) atoms. The first-order chi connectivity index (χ1) is 37.9. The van der Waals surface area contributed by atoms with Gasteiger partial charge in [-0.05, 0) is 68.8 Å². The minimum absolute atomic E-state index is 0.00324. The highest BCUT2D eigenvalue weighted by atomic mass is 32.2. The van der Waals surface area contributed by atoms with Gasteiger partial charge in [-0.2, -0.15) is 12.6 Å². The van der Waals surface area contributed by atoms with E-state index in [9.17, 15) is 38.4 Å². The van der Waals surface area contributed by atoms with E-state index in [1.54, 1.807) is 27.1 Å². The number of piperazine rings is 1. The number of amides is 7. The number of esters is 1. The van der Waals surface area contributed by atoms with Crippen molar-refractivity contribution in [1.29, 1.82) is 0 Å². The van der Waals surface area contributed by atoms with Gasteiger partial charge in [-0.1, -0.05) is 96.5 Å². The number of nitrogens with zero attached hydrogens (tertiary/aromatic N) is 6. The molecule has 3 heterocycles. The van der Waals surface area contributed by atoms with Crippen LogP contribution in [0.4, 0.5) is 0 Å². The van der Waals surface area contributed by atoms with E-state index < -0.39 is 60.0 Å². The van der Waals surface area contributed by atoms with Crippen molar-refractivity contribution in [2.45, 2.75) is 152 Å². The maximum atomic E-state index is 14.8. The third-order valence-electron chi connectivity index (χ3n) is 14.9.